The molecule has 0 spiro atoms. The molecule has 3 heteroatoms. The normalized spacial score (nSPS) is 10.9. The summed E-state index contributed by atoms with van der Waals surface area (Å²) in [6.45, 7) is 0. The lowest BCUT2D eigenvalue weighted by Gasteiger charge is -2.01. The van der Waals surface area contributed by atoms with Gasteiger partial charge in [-0.1, -0.05) is 66.7 Å². The van der Waals surface area contributed by atoms with Gasteiger partial charge in [0.1, 0.15) is 0 Å². The van der Waals surface area contributed by atoms with E-state index in [1.807, 2.05) is 78.9 Å². The minimum Gasteiger partial charge on any atom is -0.306 e. The van der Waals surface area contributed by atoms with Gasteiger partial charge in [-0.25, -0.2) is 4.79 Å². The molecule has 0 radical (unpaired) electrons. The van der Waals surface area contributed by atoms with Gasteiger partial charge < -0.3 is 4.98 Å². The van der Waals surface area contributed by atoms with E-state index in [1.54, 1.807) is 0 Å². The van der Waals surface area contributed by atoms with Gasteiger partial charge in [0.15, 0.2) is 0 Å². The molecule has 0 aliphatic carbocycles. The van der Waals surface area contributed by atoms with Gasteiger partial charge in [0, 0.05) is 11.3 Å². The van der Waals surface area contributed by atoms with Crippen LogP contribution < -0.4 is 5.69 Å². The molecule has 21 heavy (non-hydrogen) atoms. The minimum atomic E-state index is -0.343. The van der Waals surface area contributed by atoms with Crippen molar-refractivity contribution in [3.05, 3.63) is 88.5 Å². The van der Waals surface area contributed by atoms with Crippen molar-refractivity contribution in [2.75, 3.05) is 0 Å². The SMILES string of the molecule is O=c1nc(-c2ccccc2)cc(/C=C/c2ccccc2)[nH]1. The summed E-state index contributed by atoms with van der Waals surface area (Å²) in [4.78, 5) is 18.4. The van der Waals surface area contributed by atoms with Crippen molar-refractivity contribution in [1.29, 1.82) is 0 Å². The van der Waals surface area contributed by atoms with Crippen LogP contribution in [0, 0.1) is 0 Å². The number of hydrogen-bond acceptors (Lipinski definition) is 2. The number of nitrogens with zero attached hydrogens (tertiary/aromatic N) is 1. The van der Waals surface area contributed by atoms with Crippen molar-refractivity contribution in [2.24, 2.45) is 0 Å². The summed E-state index contributed by atoms with van der Waals surface area (Å²) in [5, 5.41) is 0. The maximum Gasteiger partial charge on any atom is 0.345 e. The van der Waals surface area contributed by atoms with Gasteiger partial charge >= 0.3 is 5.69 Å². The molecule has 0 amide bonds. The fourth-order valence-corrected chi connectivity index (χ4v) is 2.07. The van der Waals surface area contributed by atoms with E-state index in [2.05, 4.69) is 9.97 Å². The van der Waals surface area contributed by atoms with Gasteiger partial charge in [0.05, 0.1) is 5.69 Å². The van der Waals surface area contributed by atoms with E-state index in [1.165, 1.54) is 0 Å². The Morgan fingerprint density at radius 3 is 2.24 bits per heavy atom. The highest BCUT2D eigenvalue weighted by molar-refractivity contribution is 5.70. The van der Waals surface area contributed by atoms with Crippen molar-refractivity contribution >= 4 is 12.2 Å². The second-order valence-corrected chi connectivity index (χ2v) is 4.64. The van der Waals surface area contributed by atoms with Crippen LogP contribution in [0.5, 0.6) is 0 Å². The molecule has 0 atom stereocenters. The van der Waals surface area contributed by atoms with Crippen molar-refractivity contribution in [1.82, 2.24) is 9.97 Å². The third-order valence-electron chi connectivity index (χ3n) is 3.09. The first-order valence-electron chi connectivity index (χ1n) is 6.71. The Labute approximate surface area is 122 Å². The lowest BCUT2D eigenvalue weighted by molar-refractivity contribution is 1.07. The highest BCUT2D eigenvalue weighted by Gasteiger charge is 2.01. The van der Waals surface area contributed by atoms with Crippen LogP contribution in [0.3, 0.4) is 0 Å². The monoisotopic (exact) mass is 274 g/mol. The zero-order chi connectivity index (χ0) is 14.5. The van der Waals surface area contributed by atoms with Crippen LogP contribution in [-0.2, 0) is 0 Å². The summed E-state index contributed by atoms with van der Waals surface area (Å²) < 4.78 is 0. The predicted molar refractivity (Wildman–Crippen MR) is 85.7 cm³/mol. The quantitative estimate of drug-likeness (QED) is 0.793. The maximum atomic E-state index is 11.7. The molecular weight excluding hydrogens is 260 g/mol. The summed E-state index contributed by atoms with van der Waals surface area (Å²) >= 11 is 0. The summed E-state index contributed by atoms with van der Waals surface area (Å²) in [6.07, 6.45) is 3.84. The number of nitrogens with one attached hydrogen (secondary N) is 1. The van der Waals surface area contributed by atoms with Crippen molar-refractivity contribution in [2.45, 2.75) is 0 Å². The van der Waals surface area contributed by atoms with E-state index in [-0.39, 0.29) is 5.69 Å². The topological polar surface area (TPSA) is 45.8 Å². The fourth-order valence-electron chi connectivity index (χ4n) is 2.07. The molecule has 3 rings (SSSR count). The molecule has 3 aromatic rings. The molecule has 0 saturated carbocycles. The van der Waals surface area contributed by atoms with Crippen molar-refractivity contribution < 1.29 is 0 Å². The van der Waals surface area contributed by atoms with E-state index in [4.69, 9.17) is 0 Å². The van der Waals surface area contributed by atoms with E-state index in [0.29, 0.717) is 5.69 Å². The zero-order valence-electron chi connectivity index (χ0n) is 11.4. The number of H-pyrrole nitrogens is 1. The van der Waals surface area contributed by atoms with Crippen LogP contribution in [0.4, 0.5) is 0 Å². The molecule has 1 aromatic heterocycles. The average molecular weight is 274 g/mol. The lowest BCUT2D eigenvalue weighted by Crippen LogP contribution is -2.11. The maximum absolute atomic E-state index is 11.7. The Balaban J connectivity index is 1.95. The molecule has 2 aromatic carbocycles. The first-order chi connectivity index (χ1) is 10.3. The van der Waals surface area contributed by atoms with Crippen LogP contribution in [0.15, 0.2) is 71.5 Å². The third-order valence-corrected chi connectivity index (χ3v) is 3.09. The molecule has 0 fully saturated rings. The standard InChI is InChI=1S/C18H14N2O/c21-18-19-16(12-11-14-7-3-1-4-8-14)13-17(20-18)15-9-5-2-6-10-15/h1-13H,(H,19,20,21)/b12-11+. The number of aromatic nitrogens is 2. The molecule has 1 N–H and O–H groups in total. The number of benzene rings is 2. The van der Waals surface area contributed by atoms with Gasteiger partial charge in [0.2, 0.25) is 0 Å². The molecule has 0 aliphatic rings. The third kappa shape index (κ3) is 3.34. The van der Waals surface area contributed by atoms with Gasteiger partial charge in [0.25, 0.3) is 0 Å². The van der Waals surface area contributed by atoms with Crippen LogP contribution in [0.2, 0.25) is 0 Å². The largest absolute Gasteiger partial charge is 0.345 e. The predicted octanol–water partition coefficient (Wildman–Crippen LogP) is 3.61. The van der Waals surface area contributed by atoms with Crippen molar-refractivity contribution in [3.8, 4) is 11.3 Å². The zero-order valence-corrected chi connectivity index (χ0v) is 11.4. The number of aromatic amines is 1. The Morgan fingerprint density at radius 2 is 1.52 bits per heavy atom. The summed E-state index contributed by atoms with van der Waals surface area (Å²) in [5.74, 6) is 0. The van der Waals surface area contributed by atoms with Crippen LogP contribution in [0.25, 0.3) is 23.4 Å². The molecular formula is C18H14N2O. The second-order valence-electron chi connectivity index (χ2n) is 4.64. The molecule has 102 valence electrons. The van der Waals surface area contributed by atoms with E-state index >= 15 is 0 Å². The lowest BCUT2D eigenvalue weighted by atomic mass is 10.1. The molecule has 0 aliphatic heterocycles. The van der Waals surface area contributed by atoms with E-state index < -0.39 is 0 Å². The first-order valence-corrected chi connectivity index (χ1v) is 6.71. The second kappa shape index (κ2) is 6.01. The molecule has 0 saturated heterocycles. The minimum absolute atomic E-state index is 0.343. The Hall–Kier alpha value is -2.94. The summed E-state index contributed by atoms with van der Waals surface area (Å²) in [5.41, 5.74) is 3.07. The van der Waals surface area contributed by atoms with Crippen LogP contribution in [0.1, 0.15) is 11.3 Å². The summed E-state index contributed by atoms with van der Waals surface area (Å²) in [7, 11) is 0. The van der Waals surface area contributed by atoms with Gasteiger partial charge in [-0.2, -0.15) is 4.98 Å². The molecule has 0 unspecified atom stereocenters. The van der Waals surface area contributed by atoms with E-state index in [0.717, 1.165) is 16.8 Å². The Morgan fingerprint density at radius 1 is 0.857 bits per heavy atom. The van der Waals surface area contributed by atoms with E-state index in [9.17, 15) is 4.79 Å². The van der Waals surface area contributed by atoms with Crippen molar-refractivity contribution in [3.63, 3.8) is 0 Å². The Bertz CT molecular complexity index is 805. The highest BCUT2D eigenvalue weighted by atomic mass is 16.1. The average Bonchev–Trinajstić information content (AvgIpc) is 2.54. The first kappa shape index (κ1) is 13.1. The molecule has 3 nitrogen and oxygen atoms in total. The van der Waals surface area contributed by atoms with Gasteiger partial charge in [-0.3, -0.25) is 0 Å². The van der Waals surface area contributed by atoms with Gasteiger partial charge in [-0.15, -0.1) is 0 Å². The highest BCUT2D eigenvalue weighted by Crippen LogP contribution is 2.16. The number of rotatable bonds is 3. The van der Waals surface area contributed by atoms with Gasteiger partial charge in [-0.05, 0) is 17.7 Å². The molecule has 0 bridgehead atoms. The molecule has 1 heterocycles. The Kier molecular flexibility index (Phi) is 3.74. The summed E-state index contributed by atoms with van der Waals surface area (Å²) in [6, 6.07) is 21.5. The smallest absolute Gasteiger partial charge is 0.306 e. The fraction of sp³-hybridized carbons (Fsp3) is 0. The number of hydrogen-bond donors (Lipinski definition) is 1. The van der Waals surface area contributed by atoms with Crippen LogP contribution >= 0.6 is 0 Å². The van der Waals surface area contributed by atoms with Crippen LogP contribution in [-0.4, -0.2) is 9.97 Å².